The third-order valence-electron chi connectivity index (χ3n) is 4.86. The number of rotatable bonds is 7. The molecule has 0 spiro atoms. The van der Waals surface area contributed by atoms with E-state index in [2.05, 4.69) is 67.2 Å². The van der Waals surface area contributed by atoms with E-state index in [1.807, 2.05) is 29.6 Å². The fourth-order valence-corrected chi connectivity index (χ4v) is 3.80. The van der Waals surface area contributed by atoms with Crippen LogP contribution in [0.2, 0.25) is 0 Å². The molecule has 5 heteroatoms. The highest BCUT2D eigenvalue weighted by Gasteiger charge is 2.11. The van der Waals surface area contributed by atoms with Crippen LogP contribution in [0.5, 0.6) is 0 Å². The Morgan fingerprint density at radius 2 is 1.68 bits per heavy atom. The molecule has 146 valence electrons. The molecule has 0 aliphatic carbocycles. The van der Waals surface area contributed by atoms with Gasteiger partial charge in [-0.15, -0.1) is 11.3 Å². The maximum Gasteiger partial charge on any atom is 0.257 e. The van der Waals surface area contributed by atoms with Crippen molar-refractivity contribution in [1.29, 1.82) is 0 Å². The predicted molar refractivity (Wildman–Crippen MR) is 120 cm³/mol. The molecule has 28 heavy (non-hydrogen) atoms. The van der Waals surface area contributed by atoms with Crippen LogP contribution in [0, 0.1) is 0 Å². The van der Waals surface area contributed by atoms with E-state index in [-0.39, 0.29) is 5.91 Å². The smallest absolute Gasteiger partial charge is 0.257 e. The van der Waals surface area contributed by atoms with E-state index >= 15 is 0 Å². The van der Waals surface area contributed by atoms with Gasteiger partial charge in [-0.3, -0.25) is 10.1 Å². The van der Waals surface area contributed by atoms with Crippen LogP contribution in [0.3, 0.4) is 0 Å². The first-order valence-electron chi connectivity index (χ1n) is 9.74. The number of hydrogen-bond acceptors (Lipinski definition) is 4. The number of carbonyl (C=O) groups excluding carboxylic acids is 1. The van der Waals surface area contributed by atoms with E-state index in [1.165, 1.54) is 16.9 Å². The maximum absolute atomic E-state index is 12.5. The number of nitrogens with one attached hydrogen (secondary N) is 1. The van der Waals surface area contributed by atoms with Crippen LogP contribution in [-0.4, -0.2) is 24.0 Å². The van der Waals surface area contributed by atoms with Gasteiger partial charge in [0.05, 0.1) is 5.69 Å². The fraction of sp³-hybridized carbons (Fsp3) is 0.304. The average molecular weight is 394 g/mol. The zero-order chi connectivity index (χ0) is 20.1. The molecule has 0 aliphatic rings. The van der Waals surface area contributed by atoms with Crippen LogP contribution in [0.15, 0.2) is 53.9 Å². The summed E-state index contributed by atoms with van der Waals surface area (Å²) >= 11 is 1.44. The van der Waals surface area contributed by atoms with Gasteiger partial charge in [0.25, 0.3) is 5.91 Å². The van der Waals surface area contributed by atoms with Gasteiger partial charge in [0.1, 0.15) is 0 Å². The molecule has 3 rings (SSSR count). The standard InChI is InChI=1S/C23H27N3OS/c1-5-26(6-2)20-13-11-19(12-14-20)22(27)25-23-24-21(15-28-23)18-9-7-17(8-10-18)16(3)4/h7-16H,5-6H2,1-4H3,(H,24,25,27). The molecule has 1 amide bonds. The summed E-state index contributed by atoms with van der Waals surface area (Å²) in [5, 5.41) is 5.50. The molecule has 2 aromatic carbocycles. The van der Waals surface area contributed by atoms with Crippen molar-refractivity contribution in [1.82, 2.24) is 4.98 Å². The van der Waals surface area contributed by atoms with E-state index < -0.39 is 0 Å². The van der Waals surface area contributed by atoms with Gasteiger partial charge in [-0.1, -0.05) is 38.1 Å². The predicted octanol–water partition coefficient (Wildman–Crippen LogP) is 6.03. The van der Waals surface area contributed by atoms with Gasteiger partial charge in [0.15, 0.2) is 5.13 Å². The molecule has 0 radical (unpaired) electrons. The minimum Gasteiger partial charge on any atom is -0.372 e. The number of anilines is 2. The molecule has 1 heterocycles. The Morgan fingerprint density at radius 1 is 1.04 bits per heavy atom. The lowest BCUT2D eigenvalue weighted by Crippen LogP contribution is -2.21. The molecule has 0 bridgehead atoms. The Hall–Kier alpha value is -2.66. The molecule has 0 saturated carbocycles. The summed E-state index contributed by atoms with van der Waals surface area (Å²) in [6, 6.07) is 16.1. The van der Waals surface area contributed by atoms with Gasteiger partial charge >= 0.3 is 0 Å². The molecule has 1 aromatic heterocycles. The number of carbonyl (C=O) groups is 1. The first-order valence-corrected chi connectivity index (χ1v) is 10.6. The number of thiazole rings is 1. The van der Waals surface area contributed by atoms with Gasteiger partial charge in [-0.05, 0) is 49.6 Å². The molecule has 0 aliphatic heterocycles. The molecule has 0 saturated heterocycles. The first kappa shape index (κ1) is 20.1. The van der Waals surface area contributed by atoms with Crippen LogP contribution in [-0.2, 0) is 0 Å². The van der Waals surface area contributed by atoms with E-state index in [4.69, 9.17) is 0 Å². The second-order valence-electron chi connectivity index (χ2n) is 6.99. The van der Waals surface area contributed by atoms with E-state index in [1.54, 1.807) is 0 Å². The minimum absolute atomic E-state index is 0.137. The van der Waals surface area contributed by atoms with Crippen LogP contribution in [0.4, 0.5) is 10.8 Å². The van der Waals surface area contributed by atoms with Crippen molar-refractivity contribution in [3.05, 3.63) is 65.0 Å². The fourth-order valence-electron chi connectivity index (χ4n) is 3.08. The monoisotopic (exact) mass is 393 g/mol. The lowest BCUT2D eigenvalue weighted by Gasteiger charge is -2.20. The molecule has 0 unspecified atom stereocenters. The lowest BCUT2D eigenvalue weighted by molar-refractivity contribution is 0.102. The summed E-state index contributed by atoms with van der Waals surface area (Å²) < 4.78 is 0. The van der Waals surface area contributed by atoms with Crippen molar-refractivity contribution >= 4 is 28.1 Å². The largest absolute Gasteiger partial charge is 0.372 e. The molecular weight excluding hydrogens is 366 g/mol. The van der Waals surface area contributed by atoms with E-state index in [0.717, 1.165) is 30.0 Å². The molecule has 1 N–H and O–H groups in total. The van der Waals surface area contributed by atoms with Gasteiger partial charge in [-0.2, -0.15) is 0 Å². The Bertz CT molecular complexity index is 910. The van der Waals surface area contributed by atoms with Crippen molar-refractivity contribution < 1.29 is 4.79 Å². The Labute approximate surface area is 171 Å². The second kappa shape index (κ2) is 9.02. The van der Waals surface area contributed by atoms with E-state index in [0.29, 0.717) is 16.6 Å². The second-order valence-corrected chi connectivity index (χ2v) is 7.85. The molecule has 0 atom stereocenters. The molecule has 3 aromatic rings. The summed E-state index contributed by atoms with van der Waals surface area (Å²) in [7, 11) is 0. The van der Waals surface area contributed by atoms with Crippen LogP contribution >= 0.6 is 11.3 Å². The normalized spacial score (nSPS) is 10.9. The number of aromatic nitrogens is 1. The zero-order valence-corrected chi connectivity index (χ0v) is 17.7. The molecule has 4 nitrogen and oxygen atoms in total. The Morgan fingerprint density at radius 3 is 2.25 bits per heavy atom. The maximum atomic E-state index is 12.5. The number of amides is 1. The zero-order valence-electron chi connectivity index (χ0n) is 16.9. The van der Waals surface area contributed by atoms with Crippen molar-refractivity contribution in [3.63, 3.8) is 0 Å². The molecule has 0 fully saturated rings. The van der Waals surface area contributed by atoms with Crippen molar-refractivity contribution in [3.8, 4) is 11.3 Å². The van der Waals surface area contributed by atoms with Crippen molar-refractivity contribution in [2.45, 2.75) is 33.6 Å². The van der Waals surface area contributed by atoms with Crippen molar-refractivity contribution in [2.24, 2.45) is 0 Å². The minimum atomic E-state index is -0.137. The highest BCUT2D eigenvalue weighted by Crippen LogP contribution is 2.27. The number of benzene rings is 2. The summed E-state index contributed by atoms with van der Waals surface area (Å²) in [5.41, 5.74) is 5.01. The summed E-state index contributed by atoms with van der Waals surface area (Å²) in [6.45, 7) is 10.5. The Kier molecular flexibility index (Phi) is 6.47. The summed E-state index contributed by atoms with van der Waals surface area (Å²) in [4.78, 5) is 19.4. The lowest BCUT2D eigenvalue weighted by atomic mass is 10.0. The van der Waals surface area contributed by atoms with Gasteiger partial charge in [0, 0.05) is 35.3 Å². The van der Waals surface area contributed by atoms with Crippen LogP contribution in [0.1, 0.15) is 49.5 Å². The number of hydrogen-bond donors (Lipinski definition) is 1. The average Bonchev–Trinajstić information content (AvgIpc) is 3.18. The first-order chi connectivity index (χ1) is 13.5. The van der Waals surface area contributed by atoms with Crippen molar-refractivity contribution in [2.75, 3.05) is 23.3 Å². The van der Waals surface area contributed by atoms with Crippen LogP contribution < -0.4 is 10.2 Å². The Balaban J connectivity index is 1.68. The topological polar surface area (TPSA) is 45.2 Å². The quantitative estimate of drug-likeness (QED) is 0.533. The van der Waals surface area contributed by atoms with Gasteiger partial charge < -0.3 is 4.90 Å². The molecular formula is C23H27N3OS. The third kappa shape index (κ3) is 4.60. The number of nitrogens with zero attached hydrogens (tertiary/aromatic N) is 2. The third-order valence-corrected chi connectivity index (χ3v) is 5.61. The summed E-state index contributed by atoms with van der Waals surface area (Å²) in [6.07, 6.45) is 0. The van der Waals surface area contributed by atoms with Gasteiger partial charge in [0.2, 0.25) is 0 Å². The highest BCUT2D eigenvalue weighted by atomic mass is 32.1. The van der Waals surface area contributed by atoms with Crippen LogP contribution in [0.25, 0.3) is 11.3 Å². The SMILES string of the molecule is CCN(CC)c1ccc(C(=O)Nc2nc(-c3ccc(C(C)C)cc3)cs2)cc1. The highest BCUT2D eigenvalue weighted by molar-refractivity contribution is 7.14. The van der Waals surface area contributed by atoms with Gasteiger partial charge in [-0.25, -0.2) is 4.98 Å². The van der Waals surface area contributed by atoms with E-state index in [9.17, 15) is 4.79 Å². The summed E-state index contributed by atoms with van der Waals surface area (Å²) in [5.74, 6) is 0.370.